The minimum atomic E-state index is -0.352. The molecule has 0 bridgehead atoms. The van der Waals surface area contributed by atoms with Gasteiger partial charge in [-0.3, -0.25) is 0 Å². The largest absolute Gasteiger partial charge is 0.492 e. The first-order chi connectivity index (χ1) is 8.75. The molecule has 3 N–H and O–H groups in total. The molecule has 0 aromatic heterocycles. The van der Waals surface area contributed by atoms with Crippen molar-refractivity contribution < 1.29 is 9.13 Å². The smallest absolute Gasteiger partial charge is 0.148 e. The molecule has 0 saturated carbocycles. The van der Waals surface area contributed by atoms with Gasteiger partial charge in [0.15, 0.2) is 0 Å². The fourth-order valence-electron chi connectivity index (χ4n) is 1.55. The lowest BCUT2D eigenvalue weighted by Crippen LogP contribution is -2.12. The predicted molar refractivity (Wildman–Crippen MR) is 71.2 cm³/mol. The second-order valence-corrected chi connectivity index (χ2v) is 3.83. The van der Waals surface area contributed by atoms with Crippen LogP contribution in [0, 0.1) is 5.82 Å². The third-order valence-electron chi connectivity index (χ3n) is 2.42. The van der Waals surface area contributed by atoms with Gasteiger partial charge in [-0.1, -0.05) is 18.2 Å². The zero-order valence-electron chi connectivity index (χ0n) is 9.90. The summed E-state index contributed by atoms with van der Waals surface area (Å²) in [4.78, 5) is 0. The summed E-state index contributed by atoms with van der Waals surface area (Å²) < 4.78 is 18.9. The molecule has 0 saturated heterocycles. The summed E-state index contributed by atoms with van der Waals surface area (Å²) in [5.41, 5.74) is 6.31. The second kappa shape index (κ2) is 5.91. The highest BCUT2D eigenvalue weighted by molar-refractivity contribution is 5.52. The molecule has 0 spiro atoms. The Kier molecular flexibility index (Phi) is 4.02. The van der Waals surface area contributed by atoms with E-state index in [1.165, 1.54) is 6.07 Å². The van der Waals surface area contributed by atoms with Gasteiger partial charge in [-0.2, -0.15) is 0 Å². The summed E-state index contributed by atoms with van der Waals surface area (Å²) in [6, 6.07) is 14.1. The number of nitrogens with two attached hydrogens (primary N) is 1. The van der Waals surface area contributed by atoms with Crippen molar-refractivity contribution in [2.24, 2.45) is 0 Å². The summed E-state index contributed by atoms with van der Waals surface area (Å²) in [7, 11) is 0. The molecule has 0 aliphatic carbocycles. The molecule has 0 heterocycles. The van der Waals surface area contributed by atoms with E-state index in [0.717, 1.165) is 5.75 Å². The Hall–Kier alpha value is -2.23. The van der Waals surface area contributed by atoms with Crippen LogP contribution in [0.25, 0.3) is 0 Å². The Bertz CT molecular complexity index is 502. The second-order valence-electron chi connectivity index (χ2n) is 3.83. The lowest BCUT2D eigenvalue weighted by Gasteiger charge is -2.09. The average molecular weight is 246 g/mol. The molecule has 3 nitrogen and oxygen atoms in total. The molecule has 2 aromatic carbocycles. The summed E-state index contributed by atoms with van der Waals surface area (Å²) in [5.74, 6) is 0.451. The van der Waals surface area contributed by atoms with E-state index in [0.29, 0.717) is 24.5 Å². The summed E-state index contributed by atoms with van der Waals surface area (Å²) in [6.45, 7) is 0.990. The van der Waals surface area contributed by atoms with Crippen molar-refractivity contribution in [3.63, 3.8) is 0 Å². The van der Waals surface area contributed by atoms with Gasteiger partial charge in [0.1, 0.15) is 18.2 Å². The molecular formula is C14H15FN2O. The predicted octanol–water partition coefficient (Wildman–Crippen LogP) is 2.90. The van der Waals surface area contributed by atoms with Crippen molar-refractivity contribution in [2.45, 2.75) is 0 Å². The van der Waals surface area contributed by atoms with Crippen LogP contribution in [0.2, 0.25) is 0 Å². The van der Waals surface area contributed by atoms with E-state index in [1.807, 2.05) is 30.3 Å². The van der Waals surface area contributed by atoms with E-state index in [9.17, 15) is 4.39 Å². The zero-order chi connectivity index (χ0) is 12.8. The molecule has 2 rings (SSSR count). The number of halogens is 1. The number of ether oxygens (including phenoxy) is 1. The minimum Gasteiger partial charge on any atom is -0.492 e. The van der Waals surface area contributed by atoms with Crippen LogP contribution in [-0.2, 0) is 0 Å². The van der Waals surface area contributed by atoms with Crippen LogP contribution in [0.1, 0.15) is 0 Å². The normalized spacial score (nSPS) is 10.1. The molecule has 0 amide bonds. The van der Waals surface area contributed by atoms with Gasteiger partial charge in [-0.25, -0.2) is 4.39 Å². The molecule has 0 atom stereocenters. The Morgan fingerprint density at radius 3 is 2.61 bits per heavy atom. The Balaban J connectivity index is 1.79. The monoisotopic (exact) mass is 246 g/mol. The quantitative estimate of drug-likeness (QED) is 0.630. The molecule has 0 fully saturated rings. The van der Waals surface area contributed by atoms with E-state index in [2.05, 4.69) is 5.32 Å². The number of nitrogens with one attached hydrogen (secondary N) is 1. The maximum atomic E-state index is 13.4. The fraction of sp³-hybridized carbons (Fsp3) is 0.143. The number of benzene rings is 2. The van der Waals surface area contributed by atoms with E-state index in [1.54, 1.807) is 12.1 Å². The summed E-state index contributed by atoms with van der Waals surface area (Å²) in [6.07, 6.45) is 0. The zero-order valence-corrected chi connectivity index (χ0v) is 9.90. The Morgan fingerprint density at radius 2 is 1.89 bits per heavy atom. The Morgan fingerprint density at radius 1 is 1.11 bits per heavy atom. The molecule has 0 aliphatic heterocycles. The van der Waals surface area contributed by atoms with Gasteiger partial charge in [0.25, 0.3) is 0 Å². The number of para-hydroxylation sites is 1. The van der Waals surface area contributed by atoms with Crippen molar-refractivity contribution in [1.82, 2.24) is 0 Å². The summed E-state index contributed by atoms with van der Waals surface area (Å²) in [5, 5.41) is 2.95. The van der Waals surface area contributed by atoms with E-state index < -0.39 is 0 Å². The topological polar surface area (TPSA) is 47.3 Å². The van der Waals surface area contributed by atoms with Gasteiger partial charge in [-0.05, 0) is 30.3 Å². The van der Waals surface area contributed by atoms with E-state index in [-0.39, 0.29) is 5.82 Å². The highest BCUT2D eigenvalue weighted by atomic mass is 19.1. The lowest BCUT2D eigenvalue weighted by molar-refractivity contribution is 0.332. The first-order valence-electron chi connectivity index (χ1n) is 5.72. The van der Waals surface area contributed by atoms with Crippen LogP contribution < -0.4 is 15.8 Å². The third kappa shape index (κ3) is 3.38. The highest BCUT2D eigenvalue weighted by Crippen LogP contribution is 2.16. The first-order valence-corrected chi connectivity index (χ1v) is 5.72. The molecule has 2 aromatic rings. The molecule has 4 heteroatoms. The first kappa shape index (κ1) is 12.2. The van der Waals surface area contributed by atoms with Crippen molar-refractivity contribution >= 4 is 11.4 Å². The molecular weight excluding hydrogens is 231 g/mol. The molecule has 0 unspecified atom stereocenters. The minimum absolute atomic E-state index is 0.352. The van der Waals surface area contributed by atoms with Crippen LogP contribution in [0.15, 0.2) is 48.5 Å². The number of hydrogen-bond acceptors (Lipinski definition) is 3. The lowest BCUT2D eigenvalue weighted by atomic mass is 10.2. The number of hydrogen-bond donors (Lipinski definition) is 2. The van der Waals surface area contributed by atoms with Crippen molar-refractivity contribution in [3.8, 4) is 5.75 Å². The molecule has 0 radical (unpaired) electrons. The third-order valence-corrected chi connectivity index (χ3v) is 2.42. The van der Waals surface area contributed by atoms with Crippen molar-refractivity contribution in [3.05, 3.63) is 54.3 Å². The standard InChI is InChI=1S/C14H15FN2O/c15-13-10-11(16)6-7-14(13)17-8-9-18-12-4-2-1-3-5-12/h1-7,10,17H,8-9,16H2. The van der Waals surface area contributed by atoms with Crippen LogP contribution >= 0.6 is 0 Å². The Labute approximate surface area is 105 Å². The number of nitrogen functional groups attached to an aromatic ring is 1. The van der Waals surface area contributed by atoms with Gasteiger partial charge < -0.3 is 15.8 Å². The molecule has 18 heavy (non-hydrogen) atoms. The van der Waals surface area contributed by atoms with Gasteiger partial charge in [-0.15, -0.1) is 0 Å². The average Bonchev–Trinajstić information content (AvgIpc) is 2.38. The highest BCUT2D eigenvalue weighted by Gasteiger charge is 2.01. The maximum Gasteiger partial charge on any atom is 0.148 e. The van der Waals surface area contributed by atoms with Gasteiger partial charge in [0.05, 0.1) is 5.69 Å². The van der Waals surface area contributed by atoms with Crippen LogP contribution in [0.4, 0.5) is 15.8 Å². The number of rotatable bonds is 5. The van der Waals surface area contributed by atoms with Gasteiger partial charge in [0.2, 0.25) is 0 Å². The maximum absolute atomic E-state index is 13.4. The number of anilines is 2. The van der Waals surface area contributed by atoms with Gasteiger partial charge in [0, 0.05) is 12.2 Å². The van der Waals surface area contributed by atoms with Crippen LogP contribution in [-0.4, -0.2) is 13.2 Å². The van der Waals surface area contributed by atoms with Crippen molar-refractivity contribution in [2.75, 3.05) is 24.2 Å². The SMILES string of the molecule is Nc1ccc(NCCOc2ccccc2)c(F)c1. The summed E-state index contributed by atoms with van der Waals surface area (Å²) >= 11 is 0. The van der Waals surface area contributed by atoms with Gasteiger partial charge >= 0.3 is 0 Å². The van der Waals surface area contributed by atoms with E-state index >= 15 is 0 Å². The van der Waals surface area contributed by atoms with Crippen molar-refractivity contribution in [1.29, 1.82) is 0 Å². The molecule has 94 valence electrons. The van der Waals surface area contributed by atoms with Crippen LogP contribution in [0.5, 0.6) is 5.75 Å². The van der Waals surface area contributed by atoms with Crippen LogP contribution in [0.3, 0.4) is 0 Å². The molecule has 0 aliphatic rings. The van der Waals surface area contributed by atoms with E-state index in [4.69, 9.17) is 10.5 Å². The fourth-order valence-corrected chi connectivity index (χ4v) is 1.55.